The largest absolute Gasteiger partial charge is 0.393 e. The van der Waals surface area contributed by atoms with E-state index >= 15 is 0 Å². The Morgan fingerprint density at radius 1 is 1.36 bits per heavy atom. The van der Waals surface area contributed by atoms with Gasteiger partial charge in [-0.15, -0.1) is 0 Å². The number of likely N-dealkylation sites (tertiary alicyclic amines) is 1. The monoisotopic (exact) mass is 374 g/mol. The first-order chi connectivity index (χ1) is 10.4. The Balaban J connectivity index is 1.89. The van der Waals surface area contributed by atoms with E-state index in [1.807, 2.05) is 6.07 Å². The predicted molar refractivity (Wildman–Crippen MR) is 80.7 cm³/mol. The Labute approximate surface area is 133 Å². The molecule has 1 unspecified atom stereocenters. The molecule has 1 aromatic carbocycles. The molecule has 3 rings (SSSR count). The molecule has 1 N–H and O–H groups in total. The van der Waals surface area contributed by atoms with Gasteiger partial charge in [0, 0.05) is 29.1 Å². The Kier molecular flexibility index (Phi) is 3.92. The summed E-state index contributed by atoms with van der Waals surface area (Å²) in [4.78, 5) is 16.9. The summed E-state index contributed by atoms with van der Waals surface area (Å²) in [5.74, 6) is -1.78. The molecular formula is C15H14BrF3N2O. The molecule has 0 bridgehead atoms. The van der Waals surface area contributed by atoms with Gasteiger partial charge < -0.3 is 9.88 Å². The molecule has 1 saturated heterocycles. The van der Waals surface area contributed by atoms with Gasteiger partial charge in [0.2, 0.25) is 0 Å². The SMILES string of the molecule is O=C(c1cccc2c(Br)c[nH]c12)N1CCCC(C(F)(F)F)C1. The van der Waals surface area contributed by atoms with Gasteiger partial charge in [0.15, 0.2) is 0 Å². The number of para-hydroxylation sites is 1. The van der Waals surface area contributed by atoms with Crippen LogP contribution in [0, 0.1) is 5.92 Å². The summed E-state index contributed by atoms with van der Waals surface area (Å²) in [6, 6.07) is 5.23. The van der Waals surface area contributed by atoms with E-state index in [9.17, 15) is 18.0 Å². The number of nitrogens with zero attached hydrogens (tertiary/aromatic N) is 1. The maximum atomic E-state index is 12.9. The van der Waals surface area contributed by atoms with E-state index in [1.54, 1.807) is 18.3 Å². The van der Waals surface area contributed by atoms with Crippen LogP contribution in [0.25, 0.3) is 10.9 Å². The first-order valence-electron chi connectivity index (χ1n) is 6.99. The highest BCUT2D eigenvalue weighted by Crippen LogP contribution is 2.34. The second-order valence-corrected chi connectivity index (χ2v) is 6.35. The average Bonchev–Trinajstić information content (AvgIpc) is 2.87. The van der Waals surface area contributed by atoms with Crippen LogP contribution in [0.4, 0.5) is 13.2 Å². The second-order valence-electron chi connectivity index (χ2n) is 5.50. The fourth-order valence-corrected chi connectivity index (χ4v) is 3.34. The van der Waals surface area contributed by atoms with Gasteiger partial charge in [-0.2, -0.15) is 13.2 Å². The van der Waals surface area contributed by atoms with Crippen molar-refractivity contribution in [3.8, 4) is 0 Å². The minimum absolute atomic E-state index is 0.0888. The second kappa shape index (κ2) is 5.61. The summed E-state index contributed by atoms with van der Waals surface area (Å²) in [6.07, 6.45) is -2.07. The van der Waals surface area contributed by atoms with Crippen molar-refractivity contribution in [2.45, 2.75) is 19.0 Å². The van der Waals surface area contributed by atoms with Crippen molar-refractivity contribution in [2.75, 3.05) is 13.1 Å². The van der Waals surface area contributed by atoms with Gasteiger partial charge in [-0.05, 0) is 34.8 Å². The molecule has 1 amide bonds. The van der Waals surface area contributed by atoms with Gasteiger partial charge in [0.1, 0.15) is 0 Å². The molecule has 1 atom stereocenters. The number of aromatic amines is 1. The highest BCUT2D eigenvalue weighted by Gasteiger charge is 2.42. The third-order valence-corrected chi connectivity index (χ3v) is 4.72. The quantitative estimate of drug-likeness (QED) is 0.791. The van der Waals surface area contributed by atoms with E-state index in [-0.39, 0.29) is 18.9 Å². The summed E-state index contributed by atoms with van der Waals surface area (Å²) < 4.78 is 39.5. The highest BCUT2D eigenvalue weighted by atomic mass is 79.9. The highest BCUT2D eigenvalue weighted by molar-refractivity contribution is 9.10. The molecule has 2 heterocycles. The minimum Gasteiger partial charge on any atom is -0.359 e. The van der Waals surface area contributed by atoms with Gasteiger partial charge in [0.05, 0.1) is 17.0 Å². The molecule has 1 aliphatic heterocycles. The van der Waals surface area contributed by atoms with Crippen molar-refractivity contribution in [2.24, 2.45) is 5.92 Å². The van der Waals surface area contributed by atoms with Crippen LogP contribution >= 0.6 is 15.9 Å². The lowest BCUT2D eigenvalue weighted by molar-refractivity contribution is -0.184. The lowest BCUT2D eigenvalue weighted by Gasteiger charge is -2.33. The van der Waals surface area contributed by atoms with Crippen LogP contribution in [0.5, 0.6) is 0 Å². The number of carbonyl (C=O) groups excluding carboxylic acids is 1. The zero-order valence-corrected chi connectivity index (χ0v) is 13.2. The number of benzene rings is 1. The van der Waals surface area contributed by atoms with Crippen LogP contribution in [-0.4, -0.2) is 35.1 Å². The number of amides is 1. The fraction of sp³-hybridized carbons (Fsp3) is 0.400. The minimum atomic E-state index is -4.25. The van der Waals surface area contributed by atoms with Gasteiger partial charge in [-0.1, -0.05) is 12.1 Å². The zero-order chi connectivity index (χ0) is 15.9. The lowest BCUT2D eigenvalue weighted by atomic mass is 9.96. The number of rotatable bonds is 1. The predicted octanol–water partition coefficient (Wildman–Crippen LogP) is 4.34. The molecule has 1 fully saturated rings. The Morgan fingerprint density at radius 2 is 2.14 bits per heavy atom. The Hall–Kier alpha value is -1.50. The van der Waals surface area contributed by atoms with Gasteiger partial charge >= 0.3 is 6.18 Å². The van der Waals surface area contributed by atoms with E-state index < -0.39 is 12.1 Å². The summed E-state index contributed by atoms with van der Waals surface area (Å²) in [6.45, 7) is 0.101. The lowest BCUT2D eigenvalue weighted by Crippen LogP contribution is -2.44. The summed E-state index contributed by atoms with van der Waals surface area (Å²) in [5, 5.41) is 0.843. The molecule has 0 spiro atoms. The normalized spacial score (nSPS) is 19.6. The van der Waals surface area contributed by atoms with Gasteiger partial charge in [-0.25, -0.2) is 0 Å². The van der Waals surface area contributed by atoms with Crippen molar-refractivity contribution >= 4 is 32.7 Å². The number of aromatic nitrogens is 1. The van der Waals surface area contributed by atoms with Crippen LogP contribution in [-0.2, 0) is 0 Å². The van der Waals surface area contributed by atoms with Crippen molar-refractivity contribution in [1.82, 2.24) is 9.88 Å². The molecule has 1 aromatic heterocycles. The van der Waals surface area contributed by atoms with E-state index in [2.05, 4.69) is 20.9 Å². The number of H-pyrrole nitrogens is 1. The molecule has 3 nitrogen and oxygen atoms in total. The maximum Gasteiger partial charge on any atom is 0.393 e. The van der Waals surface area contributed by atoms with E-state index in [0.717, 1.165) is 9.86 Å². The van der Waals surface area contributed by atoms with Crippen molar-refractivity contribution in [3.05, 3.63) is 34.4 Å². The van der Waals surface area contributed by atoms with Crippen molar-refractivity contribution < 1.29 is 18.0 Å². The standard InChI is InChI=1S/C15H14BrF3N2O/c16-12-7-20-13-10(12)4-1-5-11(13)14(22)21-6-2-3-9(8-21)15(17,18)19/h1,4-5,7,9,20H,2-3,6,8H2. The van der Waals surface area contributed by atoms with E-state index in [0.29, 0.717) is 24.0 Å². The summed E-state index contributed by atoms with van der Waals surface area (Å²) in [5.41, 5.74) is 1.06. The Bertz CT molecular complexity index is 710. The fourth-order valence-electron chi connectivity index (χ4n) is 2.90. The number of carbonyl (C=O) groups is 1. The molecule has 22 heavy (non-hydrogen) atoms. The molecule has 2 aromatic rings. The van der Waals surface area contributed by atoms with Crippen LogP contribution in [0.1, 0.15) is 23.2 Å². The van der Waals surface area contributed by atoms with E-state index in [4.69, 9.17) is 0 Å². The zero-order valence-electron chi connectivity index (χ0n) is 11.6. The number of alkyl halides is 3. The average molecular weight is 375 g/mol. The molecule has 7 heteroatoms. The first kappa shape index (κ1) is 15.4. The maximum absolute atomic E-state index is 12.9. The number of nitrogens with one attached hydrogen (secondary N) is 1. The Morgan fingerprint density at radius 3 is 2.86 bits per heavy atom. The van der Waals surface area contributed by atoms with Crippen LogP contribution in [0.2, 0.25) is 0 Å². The summed E-state index contributed by atoms with van der Waals surface area (Å²) in [7, 11) is 0. The molecule has 0 aliphatic carbocycles. The number of fused-ring (bicyclic) bond motifs is 1. The third-order valence-electron chi connectivity index (χ3n) is 4.07. The molecule has 118 valence electrons. The number of piperidine rings is 1. The van der Waals surface area contributed by atoms with Crippen molar-refractivity contribution in [1.29, 1.82) is 0 Å². The number of hydrogen-bond donors (Lipinski definition) is 1. The van der Waals surface area contributed by atoms with Crippen LogP contribution in [0.15, 0.2) is 28.9 Å². The van der Waals surface area contributed by atoms with Crippen molar-refractivity contribution in [3.63, 3.8) is 0 Å². The van der Waals surface area contributed by atoms with Gasteiger partial charge in [0.25, 0.3) is 5.91 Å². The number of halogens is 4. The van der Waals surface area contributed by atoms with E-state index in [1.165, 1.54) is 4.90 Å². The topological polar surface area (TPSA) is 36.1 Å². The van der Waals surface area contributed by atoms with Crippen LogP contribution < -0.4 is 0 Å². The number of hydrogen-bond acceptors (Lipinski definition) is 1. The van der Waals surface area contributed by atoms with Gasteiger partial charge in [-0.3, -0.25) is 4.79 Å². The third kappa shape index (κ3) is 2.74. The molecular weight excluding hydrogens is 361 g/mol. The smallest absolute Gasteiger partial charge is 0.359 e. The molecule has 0 saturated carbocycles. The summed E-state index contributed by atoms with van der Waals surface area (Å²) >= 11 is 3.38. The molecule has 1 aliphatic rings. The van der Waals surface area contributed by atoms with Crippen LogP contribution in [0.3, 0.4) is 0 Å². The first-order valence-corrected chi connectivity index (χ1v) is 7.79. The molecule has 0 radical (unpaired) electrons.